The Balaban J connectivity index is 1.53. The molecule has 4 aromatic rings. The molecule has 0 saturated heterocycles. The van der Waals surface area contributed by atoms with Crippen molar-refractivity contribution in [1.29, 1.82) is 0 Å². The van der Waals surface area contributed by atoms with E-state index in [-0.39, 0.29) is 5.56 Å². The molecule has 24 heavy (non-hydrogen) atoms. The molecule has 0 radical (unpaired) electrons. The molecule has 0 aliphatic carbocycles. The third kappa shape index (κ3) is 2.74. The van der Waals surface area contributed by atoms with Crippen LogP contribution in [0.2, 0.25) is 0 Å². The average Bonchev–Trinajstić information content (AvgIpc) is 3.23. The molecule has 4 heterocycles. The maximum atomic E-state index is 11.9. The van der Waals surface area contributed by atoms with Crippen molar-refractivity contribution in [3.63, 3.8) is 0 Å². The molecule has 0 aromatic carbocycles. The van der Waals surface area contributed by atoms with Crippen molar-refractivity contribution in [3.05, 3.63) is 45.2 Å². The van der Waals surface area contributed by atoms with E-state index in [0.717, 1.165) is 16.3 Å². The van der Waals surface area contributed by atoms with E-state index in [1.165, 1.54) is 33.7 Å². The van der Waals surface area contributed by atoms with Crippen LogP contribution in [-0.2, 0) is 5.75 Å². The zero-order valence-electron chi connectivity index (χ0n) is 12.7. The normalized spacial score (nSPS) is 11.4. The lowest BCUT2D eigenvalue weighted by molar-refractivity contribution is 0.463. The molecule has 0 spiro atoms. The van der Waals surface area contributed by atoms with Crippen LogP contribution in [0.25, 0.3) is 16.4 Å². The van der Waals surface area contributed by atoms with Crippen LogP contribution in [0.3, 0.4) is 0 Å². The summed E-state index contributed by atoms with van der Waals surface area (Å²) in [5, 5.41) is 13.5. The van der Waals surface area contributed by atoms with Crippen molar-refractivity contribution in [2.24, 2.45) is 0 Å². The maximum absolute atomic E-state index is 11.9. The van der Waals surface area contributed by atoms with Gasteiger partial charge in [0.1, 0.15) is 10.8 Å². The van der Waals surface area contributed by atoms with Gasteiger partial charge >= 0.3 is 0 Å². The fraction of sp³-hybridized carbons (Fsp3) is 0.214. The highest BCUT2D eigenvalue weighted by atomic mass is 32.2. The second-order valence-corrected chi connectivity index (χ2v) is 6.95. The van der Waals surface area contributed by atoms with Crippen LogP contribution in [-0.4, -0.2) is 24.8 Å². The minimum atomic E-state index is -0.180. The van der Waals surface area contributed by atoms with E-state index in [1.807, 2.05) is 6.92 Å². The number of aryl methyl sites for hydroxylation is 2. The van der Waals surface area contributed by atoms with Crippen LogP contribution in [0.1, 0.15) is 16.5 Å². The van der Waals surface area contributed by atoms with Gasteiger partial charge in [-0.25, -0.2) is 4.98 Å². The van der Waals surface area contributed by atoms with E-state index >= 15 is 0 Å². The Bertz CT molecular complexity index is 1080. The van der Waals surface area contributed by atoms with Crippen LogP contribution in [0.4, 0.5) is 0 Å². The van der Waals surface area contributed by atoms with Crippen LogP contribution in [0, 0.1) is 13.8 Å². The van der Waals surface area contributed by atoms with Crippen LogP contribution in [0.15, 0.2) is 37.2 Å². The number of thioether (sulfide) groups is 1. The first-order chi connectivity index (χ1) is 11.6. The molecule has 4 aromatic heterocycles. The Labute approximate surface area is 143 Å². The summed E-state index contributed by atoms with van der Waals surface area (Å²) in [6.07, 6.45) is 1.58. The third-order valence-electron chi connectivity index (χ3n) is 3.23. The number of aromatic nitrogens is 5. The highest BCUT2D eigenvalue weighted by Gasteiger charge is 2.14. The van der Waals surface area contributed by atoms with Crippen molar-refractivity contribution in [1.82, 2.24) is 24.8 Å². The van der Waals surface area contributed by atoms with Crippen molar-refractivity contribution in [2.45, 2.75) is 24.8 Å². The lowest BCUT2D eigenvalue weighted by Gasteiger charge is -1.91. The Hall–Kier alpha value is -2.46. The van der Waals surface area contributed by atoms with Crippen molar-refractivity contribution >= 4 is 28.1 Å². The highest BCUT2D eigenvalue weighted by Crippen LogP contribution is 2.28. The van der Waals surface area contributed by atoms with Crippen LogP contribution in [0.5, 0.6) is 0 Å². The van der Waals surface area contributed by atoms with Gasteiger partial charge < -0.3 is 8.83 Å². The van der Waals surface area contributed by atoms with Gasteiger partial charge in [0.25, 0.3) is 16.7 Å². The Morgan fingerprint density at radius 1 is 1.33 bits per heavy atom. The summed E-state index contributed by atoms with van der Waals surface area (Å²) in [5.74, 6) is 1.65. The summed E-state index contributed by atoms with van der Waals surface area (Å²) in [6, 6.07) is 3.24. The Morgan fingerprint density at radius 3 is 3.00 bits per heavy atom. The third-order valence-corrected chi connectivity index (χ3v) is 5.15. The van der Waals surface area contributed by atoms with E-state index in [9.17, 15) is 4.79 Å². The first-order valence-corrected chi connectivity index (χ1v) is 8.77. The minimum Gasteiger partial charge on any atom is -0.469 e. The van der Waals surface area contributed by atoms with E-state index in [0.29, 0.717) is 27.5 Å². The fourth-order valence-electron chi connectivity index (χ4n) is 2.13. The average molecular weight is 361 g/mol. The summed E-state index contributed by atoms with van der Waals surface area (Å²) in [4.78, 5) is 16.8. The lowest BCUT2D eigenvalue weighted by Crippen LogP contribution is -2.14. The molecular formula is C14H11N5O3S2. The van der Waals surface area contributed by atoms with Gasteiger partial charge in [0.05, 0.1) is 17.6 Å². The first kappa shape index (κ1) is 15.1. The van der Waals surface area contributed by atoms with Gasteiger partial charge in [-0.3, -0.25) is 4.79 Å². The number of fused-ring (bicyclic) bond motifs is 1. The molecule has 0 aliphatic heterocycles. The zero-order valence-corrected chi connectivity index (χ0v) is 14.3. The Kier molecular flexibility index (Phi) is 3.69. The van der Waals surface area contributed by atoms with Gasteiger partial charge in [0.15, 0.2) is 0 Å². The molecular weight excluding hydrogens is 350 g/mol. The maximum Gasteiger partial charge on any atom is 0.277 e. The molecule has 0 N–H and O–H groups in total. The molecule has 122 valence electrons. The van der Waals surface area contributed by atoms with Crippen molar-refractivity contribution in [3.8, 4) is 11.5 Å². The SMILES string of the molecule is Cc1cc(=O)n2nc(CSc3nnc(-c4ccoc4C)o3)sc2n1. The molecule has 0 aliphatic rings. The summed E-state index contributed by atoms with van der Waals surface area (Å²) < 4.78 is 12.2. The predicted octanol–water partition coefficient (Wildman–Crippen LogP) is 2.70. The highest BCUT2D eigenvalue weighted by molar-refractivity contribution is 7.98. The molecule has 4 rings (SSSR count). The van der Waals surface area contributed by atoms with Gasteiger partial charge in [0.2, 0.25) is 4.96 Å². The monoisotopic (exact) mass is 361 g/mol. The lowest BCUT2D eigenvalue weighted by atomic mass is 10.3. The quantitative estimate of drug-likeness (QED) is 0.512. The van der Waals surface area contributed by atoms with Crippen LogP contribution >= 0.6 is 23.1 Å². The second kappa shape index (κ2) is 5.87. The van der Waals surface area contributed by atoms with Crippen molar-refractivity contribution in [2.75, 3.05) is 0 Å². The number of hydrogen-bond acceptors (Lipinski definition) is 9. The molecule has 10 heteroatoms. The van der Waals surface area contributed by atoms with Gasteiger partial charge in [0, 0.05) is 11.8 Å². The largest absolute Gasteiger partial charge is 0.469 e. The molecule has 0 amide bonds. The number of furan rings is 1. The number of hydrogen-bond donors (Lipinski definition) is 0. The first-order valence-electron chi connectivity index (χ1n) is 6.97. The van der Waals surface area contributed by atoms with Gasteiger partial charge in [-0.15, -0.1) is 10.2 Å². The van der Waals surface area contributed by atoms with Gasteiger partial charge in [-0.1, -0.05) is 23.1 Å². The van der Waals surface area contributed by atoms with Crippen LogP contribution < -0.4 is 5.56 Å². The standard InChI is InChI=1S/C14H11N5O3S2/c1-7-5-11(20)19-13(15-7)24-10(18-19)6-23-14-17-16-12(22-14)9-3-4-21-8(9)2/h3-5H,6H2,1-2H3. The second-order valence-electron chi connectivity index (χ2n) is 4.98. The molecule has 0 fully saturated rings. The number of rotatable bonds is 4. The minimum absolute atomic E-state index is 0.180. The molecule has 0 saturated carbocycles. The van der Waals surface area contributed by atoms with Crippen molar-refractivity contribution < 1.29 is 8.83 Å². The summed E-state index contributed by atoms with van der Waals surface area (Å²) >= 11 is 2.72. The topological polar surface area (TPSA) is 99.3 Å². The fourth-order valence-corrected chi connectivity index (χ4v) is 3.82. The number of nitrogens with zero attached hydrogens (tertiary/aromatic N) is 5. The van der Waals surface area contributed by atoms with E-state index in [1.54, 1.807) is 19.3 Å². The van der Waals surface area contributed by atoms with Gasteiger partial charge in [-0.05, 0) is 19.9 Å². The summed E-state index contributed by atoms with van der Waals surface area (Å²) in [5.41, 5.74) is 1.28. The molecule has 8 nitrogen and oxygen atoms in total. The summed E-state index contributed by atoms with van der Waals surface area (Å²) in [7, 11) is 0. The zero-order chi connectivity index (χ0) is 16.7. The summed E-state index contributed by atoms with van der Waals surface area (Å²) in [6.45, 7) is 3.62. The smallest absolute Gasteiger partial charge is 0.277 e. The molecule has 0 atom stereocenters. The van der Waals surface area contributed by atoms with E-state index in [4.69, 9.17) is 8.83 Å². The molecule has 0 unspecified atom stereocenters. The molecule has 0 bridgehead atoms. The van der Waals surface area contributed by atoms with E-state index < -0.39 is 0 Å². The van der Waals surface area contributed by atoms with Gasteiger partial charge in [-0.2, -0.15) is 9.61 Å². The Morgan fingerprint density at radius 2 is 2.21 bits per heavy atom. The van der Waals surface area contributed by atoms with E-state index in [2.05, 4.69) is 20.3 Å². The predicted molar refractivity (Wildman–Crippen MR) is 88.2 cm³/mol.